The summed E-state index contributed by atoms with van der Waals surface area (Å²) in [6, 6.07) is 8.77. The maximum atomic E-state index is 11.7. The molecule has 0 unspecified atom stereocenters. The minimum Gasteiger partial charge on any atom is -0.351 e. The van der Waals surface area contributed by atoms with Crippen LogP contribution in [-0.4, -0.2) is 27.2 Å². The monoisotopic (exact) mass is 314 g/mol. The summed E-state index contributed by atoms with van der Waals surface area (Å²) in [5, 5.41) is 17.0. The second-order valence-corrected chi connectivity index (χ2v) is 4.56. The number of hydrogen-bond acceptors (Lipinski definition) is 5. The zero-order chi connectivity index (χ0) is 16.7. The van der Waals surface area contributed by atoms with E-state index < -0.39 is 4.92 Å². The molecule has 0 radical (unpaired) electrons. The molecule has 0 fully saturated rings. The van der Waals surface area contributed by atoms with E-state index in [0.29, 0.717) is 5.56 Å². The van der Waals surface area contributed by atoms with Gasteiger partial charge in [0, 0.05) is 37.0 Å². The quantitative estimate of drug-likeness (QED) is 0.486. The topological polar surface area (TPSA) is 107 Å². The summed E-state index contributed by atoms with van der Waals surface area (Å²) in [5.41, 5.74) is 0.433. The van der Waals surface area contributed by atoms with Gasteiger partial charge in [0.1, 0.15) is 0 Å². The lowest BCUT2D eigenvalue weighted by Gasteiger charge is -2.04. The van der Waals surface area contributed by atoms with Crippen molar-refractivity contribution in [3.05, 3.63) is 74.7 Å². The molecule has 23 heavy (non-hydrogen) atoms. The van der Waals surface area contributed by atoms with Crippen LogP contribution in [0.1, 0.15) is 5.56 Å². The molecule has 0 aliphatic heterocycles. The van der Waals surface area contributed by atoms with E-state index in [1.165, 1.54) is 35.2 Å². The molecule has 2 aromatic rings. The van der Waals surface area contributed by atoms with E-state index in [4.69, 9.17) is 0 Å². The van der Waals surface area contributed by atoms with E-state index in [-0.39, 0.29) is 30.2 Å². The van der Waals surface area contributed by atoms with Crippen LogP contribution in [0.4, 0.5) is 5.69 Å². The maximum Gasteiger partial charge on any atom is 0.269 e. The summed E-state index contributed by atoms with van der Waals surface area (Å²) in [5.74, 6) is -0.327. The Balaban J connectivity index is 1.83. The molecule has 0 spiro atoms. The Bertz CT molecular complexity index is 781. The fraction of sp³-hybridized carbons (Fsp3) is 0.133. The summed E-state index contributed by atoms with van der Waals surface area (Å²) < 4.78 is 1.25. The lowest BCUT2D eigenvalue weighted by molar-refractivity contribution is -0.384. The Morgan fingerprint density at radius 3 is 2.70 bits per heavy atom. The van der Waals surface area contributed by atoms with Gasteiger partial charge in [0.05, 0.1) is 11.5 Å². The van der Waals surface area contributed by atoms with Gasteiger partial charge in [-0.15, -0.1) is 0 Å². The number of non-ortho nitro benzene ring substituents is 1. The molecule has 1 amide bonds. The van der Waals surface area contributed by atoms with Crippen molar-refractivity contribution in [2.75, 3.05) is 6.54 Å². The summed E-state index contributed by atoms with van der Waals surface area (Å²) in [7, 11) is 0. The number of aromatic nitrogens is 2. The molecule has 1 N–H and O–H groups in total. The summed E-state index contributed by atoms with van der Waals surface area (Å²) in [6.45, 7) is 0.539. The molecule has 1 aromatic heterocycles. The highest BCUT2D eigenvalue weighted by atomic mass is 16.6. The highest BCUT2D eigenvalue weighted by Crippen LogP contribution is 2.12. The van der Waals surface area contributed by atoms with E-state index in [1.807, 2.05) is 0 Å². The number of carbonyl (C=O) groups excluding carboxylic acids is 1. The van der Waals surface area contributed by atoms with Gasteiger partial charge in [0.25, 0.3) is 11.2 Å². The van der Waals surface area contributed by atoms with E-state index in [2.05, 4.69) is 10.4 Å². The van der Waals surface area contributed by atoms with E-state index in [1.54, 1.807) is 24.3 Å². The van der Waals surface area contributed by atoms with E-state index in [0.717, 1.165) is 0 Å². The van der Waals surface area contributed by atoms with Gasteiger partial charge in [-0.1, -0.05) is 0 Å². The van der Waals surface area contributed by atoms with Crippen molar-refractivity contribution in [1.29, 1.82) is 0 Å². The molecule has 0 aliphatic rings. The van der Waals surface area contributed by atoms with Crippen LogP contribution >= 0.6 is 0 Å². The zero-order valence-electron chi connectivity index (χ0n) is 12.1. The van der Waals surface area contributed by atoms with Crippen molar-refractivity contribution in [3.8, 4) is 0 Å². The third kappa shape index (κ3) is 4.88. The largest absolute Gasteiger partial charge is 0.351 e. The molecule has 8 nitrogen and oxygen atoms in total. The fourth-order valence-corrected chi connectivity index (χ4v) is 1.78. The molecule has 0 aliphatic carbocycles. The highest BCUT2D eigenvalue weighted by Gasteiger charge is 2.03. The fourth-order valence-electron chi connectivity index (χ4n) is 1.78. The third-order valence-corrected chi connectivity index (χ3v) is 2.94. The van der Waals surface area contributed by atoms with Crippen LogP contribution in [0.3, 0.4) is 0 Å². The smallest absolute Gasteiger partial charge is 0.269 e. The average molecular weight is 314 g/mol. The van der Waals surface area contributed by atoms with Crippen molar-refractivity contribution in [2.45, 2.75) is 6.54 Å². The molecule has 0 atom stereocenters. The van der Waals surface area contributed by atoms with Gasteiger partial charge in [-0.2, -0.15) is 5.10 Å². The van der Waals surface area contributed by atoms with Gasteiger partial charge in [-0.25, -0.2) is 4.68 Å². The number of rotatable bonds is 6. The van der Waals surface area contributed by atoms with E-state index in [9.17, 15) is 19.7 Å². The van der Waals surface area contributed by atoms with Crippen LogP contribution in [0.15, 0.2) is 53.5 Å². The van der Waals surface area contributed by atoms with Gasteiger partial charge >= 0.3 is 0 Å². The minimum absolute atomic E-state index is 0.00703. The number of carbonyl (C=O) groups is 1. The molecular formula is C15H14N4O4. The lowest BCUT2D eigenvalue weighted by atomic mass is 10.2. The van der Waals surface area contributed by atoms with Crippen LogP contribution in [-0.2, 0) is 11.3 Å². The van der Waals surface area contributed by atoms with Crippen molar-refractivity contribution in [2.24, 2.45) is 0 Å². The number of amides is 1. The van der Waals surface area contributed by atoms with Gasteiger partial charge in [0.15, 0.2) is 0 Å². The van der Waals surface area contributed by atoms with Gasteiger partial charge in [-0.3, -0.25) is 19.7 Å². The van der Waals surface area contributed by atoms with Crippen molar-refractivity contribution in [3.63, 3.8) is 0 Å². The SMILES string of the molecule is O=C(/C=C/c1ccc([N+](=O)[O-])cc1)NCCn1ncccc1=O. The summed E-state index contributed by atoms with van der Waals surface area (Å²) >= 11 is 0. The first-order valence-electron chi connectivity index (χ1n) is 6.79. The second kappa shape index (κ2) is 7.64. The minimum atomic E-state index is -0.486. The van der Waals surface area contributed by atoms with Crippen LogP contribution in [0.25, 0.3) is 6.08 Å². The normalized spacial score (nSPS) is 10.6. The Morgan fingerprint density at radius 1 is 1.30 bits per heavy atom. The number of nitrogens with zero attached hydrogens (tertiary/aromatic N) is 3. The van der Waals surface area contributed by atoms with Crippen LogP contribution in [0.2, 0.25) is 0 Å². The molecule has 2 rings (SSSR count). The molecule has 1 aromatic carbocycles. The maximum absolute atomic E-state index is 11.7. The highest BCUT2D eigenvalue weighted by molar-refractivity contribution is 5.91. The van der Waals surface area contributed by atoms with Crippen LogP contribution in [0, 0.1) is 10.1 Å². The van der Waals surface area contributed by atoms with Crippen LogP contribution < -0.4 is 10.9 Å². The molecule has 0 saturated carbocycles. The Labute approximate surface area is 131 Å². The Hall–Kier alpha value is -3.29. The van der Waals surface area contributed by atoms with Crippen molar-refractivity contribution < 1.29 is 9.72 Å². The van der Waals surface area contributed by atoms with Crippen molar-refractivity contribution in [1.82, 2.24) is 15.1 Å². The molecular weight excluding hydrogens is 300 g/mol. The third-order valence-electron chi connectivity index (χ3n) is 2.94. The number of nitro groups is 1. The lowest BCUT2D eigenvalue weighted by Crippen LogP contribution is -2.30. The second-order valence-electron chi connectivity index (χ2n) is 4.56. The molecule has 0 saturated heterocycles. The predicted octanol–water partition coefficient (Wildman–Crippen LogP) is 0.981. The summed E-state index contributed by atoms with van der Waals surface area (Å²) in [4.78, 5) is 33.1. The van der Waals surface area contributed by atoms with Crippen molar-refractivity contribution >= 4 is 17.7 Å². The van der Waals surface area contributed by atoms with Crippen LogP contribution in [0.5, 0.6) is 0 Å². The Morgan fingerprint density at radius 2 is 2.04 bits per heavy atom. The zero-order valence-corrected chi connectivity index (χ0v) is 12.1. The first-order chi connectivity index (χ1) is 11.1. The Kier molecular flexibility index (Phi) is 5.35. The standard InChI is InChI=1S/C15H14N4O4/c20-14(16-10-11-18-15(21)2-1-9-17-18)8-5-12-3-6-13(7-4-12)19(22)23/h1-9H,10-11H2,(H,16,20)/b8-5+. The number of nitrogens with one attached hydrogen (secondary N) is 1. The van der Waals surface area contributed by atoms with Gasteiger partial charge < -0.3 is 5.32 Å². The van der Waals surface area contributed by atoms with E-state index >= 15 is 0 Å². The first kappa shape index (κ1) is 16.1. The average Bonchev–Trinajstić information content (AvgIpc) is 2.55. The molecule has 118 valence electrons. The van der Waals surface area contributed by atoms with Gasteiger partial charge in [0.2, 0.25) is 5.91 Å². The number of benzene rings is 1. The summed E-state index contributed by atoms with van der Waals surface area (Å²) in [6.07, 6.45) is 4.37. The number of nitro benzene ring substituents is 1. The first-order valence-corrected chi connectivity index (χ1v) is 6.79. The number of hydrogen-bond donors (Lipinski definition) is 1. The predicted molar refractivity (Wildman–Crippen MR) is 83.6 cm³/mol. The molecule has 1 heterocycles. The molecule has 8 heteroatoms. The van der Waals surface area contributed by atoms with Gasteiger partial charge in [-0.05, 0) is 29.8 Å². The molecule has 0 bridgehead atoms.